The van der Waals surface area contributed by atoms with Gasteiger partial charge in [-0.05, 0) is 30.3 Å². The monoisotopic (exact) mass is 285 g/mol. The first-order chi connectivity index (χ1) is 10.0. The number of amides is 1. The van der Waals surface area contributed by atoms with Crippen molar-refractivity contribution in [3.63, 3.8) is 0 Å². The van der Waals surface area contributed by atoms with Gasteiger partial charge in [0.05, 0.1) is 22.2 Å². The lowest BCUT2D eigenvalue weighted by molar-refractivity contribution is -0.384. The molecule has 6 nitrogen and oxygen atoms in total. The fourth-order valence-corrected chi connectivity index (χ4v) is 1.61. The van der Waals surface area contributed by atoms with Crippen molar-refractivity contribution in [3.8, 4) is 6.07 Å². The third-order valence-corrected chi connectivity index (χ3v) is 2.69. The number of hydrogen-bond donors (Lipinski definition) is 1. The predicted octanol–water partition coefficient (Wildman–Crippen LogP) is 2.86. The van der Waals surface area contributed by atoms with Gasteiger partial charge >= 0.3 is 0 Å². The summed E-state index contributed by atoms with van der Waals surface area (Å²) in [6.07, 6.45) is 0. The van der Waals surface area contributed by atoms with Crippen LogP contribution in [-0.4, -0.2) is 10.8 Å². The van der Waals surface area contributed by atoms with Crippen LogP contribution in [-0.2, 0) is 0 Å². The number of hydrogen-bond acceptors (Lipinski definition) is 4. The number of halogens is 1. The van der Waals surface area contributed by atoms with E-state index in [9.17, 15) is 19.3 Å². The van der Waals surface area contributed by atoms with Gasteiger partial charge in [0.15, 0.2) is 0 Å². The van der Waals surface area contributed by atoms with Crippen molar-refractivity contribution in [2.45, 2.75) is 0 Å². The number of benzene rings is 2. The lowest BCUT2D eigenvalue weighted by Gasteiger charge is -2.06. The van der Waals surface area contributed by atoms with E-state index in [4.69, 9.17) is 5.26 Å². The third kappa shape index (κ3) is 3.19. The second-order valence-electron chi connectivity index (χ2n) is 4.06. The average molecular weight is 285 g/mol. The minimum absolute atomic E-state index is 0.208. The molecular formula is C14H8FN3O3. The number of rotatable bonds is 3. The van der Waals surface area contributed by atoms with Crippen LogP contribution in [0, 0.1) is 27.3 Å². The molecule has 0 fully saturated rings. The fourth-order valence-electron chi connectivity index (χ4n) is 1.61. The van der Waals surface area contributed by atoms with E-state index in [1.807, 2.05) is 6.07 Å². The zero-order valence-corrected chi connectivity index (χ0v) is 10.5. The second-order valence-corrected chi connectivity index (χ2v) is 4.06. The van der Waals surface area contributed by atoms with Crippen molar-refractivity contribution in [2.24, 2.45) is 0 Å². The minimum atomic E-state index is -0.775. The SMILES string of the molecule is N#Cc1ccc(C(=O)Nc2cc([N+](=O)[O-])ccc2F)cc1. The van der Waals surface area contributed by atoms with Gasteiger partial charge in [0, 0.05) is 17.7 Å². The Kier molecular flexibility index (Phi) is 3.90. The summed E-state index contributed by atoms with van der Waals surface area (Å²) in [6, 6.07) is 10.5. The molecule has 0 spiro atoms. The molecule has 2 aromatic rings. The number of nitriles is 1. The maximum absolute atomic E-state index is 13.5. The van der Waals surface area contributed by atoms with Crippen LogP contribution in [0.1, 0.15) is 15.9 Å². The van der Waals surface area contributed by atoms with Crippen LogP contribution in [0.5, 0.6) is 0 Å². The Morgan fingerprint density at radius 2 is 1.90 bits per heavy atom. The van der Waals surface area contributed by atoms with E-state index >= 15 is 0 Å². The summed E-state index contributed by atoms with van der Waals surface area (Å²) in [5.74, 6) is -1.40. The molecule has 0 unspecified atom stereocenters. The number of non-ortho nitro benzene ring substituents is 1. The van der Waals surface area contributed by atoms with Crippen LogP contribution < -0.4 is 5.32 Å². The molecule has 0 aromatic heterocycles. The van der Waals surface area contributed by atoms with E-state index in [-0.39, 0.29) is 16.9 Å². The van der Waals surface area contributed by atoms with Crippen molar-refractivity contribution >= 4 is 17.3 Å². The fraction of sp³-hybridized carbons (Fsp3) is 0. The highest BCUT2D eigenvalue weighted by molar-refractivity contribution is 6.04. The lowest BCUT2D eigenvalue weighted by atomic mass is 10.1. The van der Waals surface area contributed by atoms with Gasteiger partial charge in [-0.3, -0.25) is 14.9 Å². The normalized spacial score (nSPS) is 9.71. The second kappa shape index (κ2) is 5.79. The molecule has 1 amide bonds. The molecule has 0 radical (unpaired) electrons. The average Bonchev–Trinajstić information content (AvgIpc) is 2.49. The number of nitro benzene ring substituents is 1. The van der Waals surface area contributed by atoms with Crippen molar-refractivity contribution in [1.82, 2.24) is 0 Å². The molecule has 0 saturated carbocycles. The number of carbonyl (C=O) groups is 1. The van der Waals surface area contributed by atoms with Crippen LogP contribution in [0.2, 0.25) is 0 Å². The molecule has 0 atom stereocenters. The molecule has 0 bridgehead atoms. The highest BCUT2D eigenvalue weighted by Gasteiger charge is 2.14. The van der Waals surface area contributed by atoms with Gasteiger partial charge in [-0.15, -0.1) is 0 Å². The van der Waals surface area contributed by atoms with Crippen LogP contribution >= 0.6 is 0 Å². The maximum Gasteiger partial charge on any atom is 0.271 e. The van der Waals surface area contributed by atoms with E-state index in [2.05, 4.69) is 5.32 Å². The first kappa shape index (κ1) is 14.1. The van der Waals surface area contributed by atoms with Gasteiger partial charge in [0.1, 0.15) is 5.82 Å². The molecule has 0 aliphatic heterocycles. The molecule has 0 aliphatic rings. The van der Waals surface area contributed by atoms with Crippen molar-refractivity contribution in [3.05, 3.63) is 69.5 Å². The molecule has 0 heterocycles. The molecule has 1 N–H and O–H groups in total. The van der Waals surface area contributed by atoms with Gasteiger partial charge in [-0.25, -0.2) is 4.39 Å². The summed E-state index contributed by atoms with van der Waals surface area (Å²) in [7, 11) is 0. The molecule has 7 heteroatoms. The van der Waals surface area contributed by atoms with Gasteiger partial charge < -0.3 is 5.32 Å². The topological polar surface area (TPSA) is 96.0 Å². The molecule has 2 rings (SSSR count). The molecular weight excluding hydrogens is 277 g/mol. The number of carbonyl (C=O) groups excluding carboxylic acids is 1. The lowest BCUT2D eigenvalue weighted by Crippen LogP contribution is -2.13. The van der Waals surface area contributed by atoms with Crippen molar-refractivity contribution < 1.29 is 14.1 Å². The molecule has 2 aromatic carbocycles. The first-order valence-electron chi connectivity index (χ1n) is 5.76. The summed E-state index contributed by atoms with van der Waals surface area (Å²) >= 11 is 0. The Labute approximate surface area is 118 Å². The standard InChI is InChI=1S/C14H8FN3O3/c15-12-6-5-11(18(20)21)7-13(12)17-14(19)10-3-1-9(8-16)2-4-10/h1-7H,(H,17,19). The molecule has 0 aliphatic carbocycles. The Hall–Kier alpha value is -3.27. The molecule has 104 valence electrons. The largest absolute Gasteiger partial charge is 0.319 e. The zero-order chi connectivity index (χ0) is 15.4. The Bertz CT molecular complexity index is 751. The van der Waals surface area contributed by atoms with E-state index in [0.29, 0.717) is 5.56 Å². The summed E-state index contributed by atoms with van der Waals surface area (Å²) < 4.78 is 13.5. The maximum atomic E-state index is 13.5. The number of nitrogens with one attached hydrogen (secondary N) is 1. The van der Waals surface area contributed by atoms with Crippen LogP contribution in [0.4, 0.5) is 15.8 Å². The van der Waals surface area contributed by atoms with Gasteiger partial charge in [-0.2, -0.15) is 5.26 Å². The smallest absolute Gasteiger partial charge is 0.271 e. The zero-order valence-electron chi connectivity index (χ0n) is 10.5. The third-order valence-electron chi connectivity index (χ3n) is 2.69. The summed E-state index contributed by atoms with van der Waals surface area (Å²) in [4.78, 5) is 21.9. The van der Waals surface area contributed by atoms with E-state index < -0.39 is 16.6 Å². The number of nitro groups is 1. The van der Waals surface area contributed by atoms with Gasteiger partial charge in [0.2, 0.25) is 0 Å². The number of nitrogens with zero attached hydrogens (tertiary/aromatic N) is 2. The molecule has 21 heavy (non-hydrogen) atoms. The van der Waals surface area contributed by atoms with Crippen molar-refractivity contribution in [1.29, 1.82) is 5.26 Å². The summed E-state index contributed by atoms with van der Waals surface area (Å²) in [5.41, 5.74) is -0.0157. The first-order valence-corrected chi connectivity index (χ1v) is 5.76. The van der Waals surface area contributed by atoms with E-state index in [1.165, 1.54) is 24.3 Å². The predicted molar refractivity (Wildman–Crippen MR) is 72.2 cm³/mol. The van der Waals surface area contributed by atoms with Crippen molar-refractivity contribution in [2.75, 3.05) is 5.32 Å². The Morgan fingerprint density at radius 1 is 1.24 bits per heavy atom. The van der Waals surface area contributed by atoms with Crippen LogP contribution in [0.15, 0.2) is 42.5 Å². The summed E-state index contributed by atoms with van der Waals surface area (Å²) in [5, 5.41) is 21.5. The van der Waals surface area contributed by atoms with E-state index in [1.54, 1.807) is 0 Å². The Balaban J connectivity index is 2.24. The highest BCUT2D eigenvalue weighted by Crippen LogP contribution is 2.21. The Morgan fingerprint density at radius 3 is 2.48 bits per heavy atom. The quantitative estimate of drug-likeness (QED) is 0.692. The van der Waals surface area contributed by atoms with Gasteiger partial charge in [0.25, 0.3) is 11.6 Å². The highest BCUT2D eigenvalue weighted by atomic mass is 19.1. The molecule has 0 saturated heterocycles. The van der Waals surface area contributed by atoms with Crippen LogP contribution in [0.3, 0.4) is 0 Å². The van der Waals surface area contributed by atoms with E-state index in [0.717, 1.165) is 18.2 Å². The summed E-state index contributed by atoms with van der Waals surface area (Å²) in [6.45, 7) is 0. The van der Waals surface area contributed by atoms with Gasteiger partial charge in [-0.1, -0.05) is 0 Å². The minimum Gasteiger partial charge on any atom is -0.319 e. The van der Waals surface area contributed by atoms with Crippen LogP contribution in [0.25, 0.3) is 0 Å². The number of anilines is 1.